The van der Waals surface area contributed by atoms with E-state index in [4.69, 9.17) is 4.42 Å². The lowest BCUT2D eigenvalue weighted by molar-refractivity contribution is -0.139. The Balaban J connectivity index is 1.74. The minimum absolute atomic E-state index is 0.00149. The van der Waals surface area contributed by atoms with Crippen LogP contribution < -0.4 is 5.32 Å². The zero-order chi connectivity index (χ0) is 14.5. The van der Waals surface area contributed by atoms with Gasteiger partial charge in [-0.25, -0.2) is 0 Å². The summed E-state index contributed by atoms with van der Waals surface area (Å²) >= 11 is 0. The van der Waals surface area contributed by atoms with Crippen molar-refractivity contribution in [2.45, 2.75) is 38.6 Å². The molecule has 1 aromatic heterocycles. The van der Waals surface area contributed by atoms with E-state index < -0.39 is 0 Å². The molecule has 1 aromatic rings. The maximum absolute atomic E-state index is 12.1. The molecule has 2 heterocycles. The number of hydrogen-bond acceptors (Lipinski definition) is 3. The number of nitrogens with zero attached hydrogens (tertiary/aromatic N) is 1. The first-order valence-electron chi connectivity index (χ1n) is 7.13. The smallest absolute Gasteiger partial charge is 0.223 e. The molecule has 0 saturated carbocycles. The highest BCUT2D eigenvalue weighted by Gasteiger charge is 2.29. The zero-order valence-corrected chi connectivity index (χ0v) is 12.1. The molecule has 0 radical (unpaired) electrons. The van der Waals surface area contributed by atoms with Crippen molar-refractivity contribution in [1.29, 1.82) is 0 Å². The molecule has 0 bridgehead atoms. The molecule has 5 heteroatoms. The second-order valence-corrected chi connectivity index (χ2v) is 5.53. The van der Waals surface area contributed by atoms with Gasteiger partial charge in [-0.15, -0.1) is 0 Å². The number of carbonyl (C=O) groups excluding carboxylic acids is 2. The number of rotatable bonds is 5. The van der Waals surface area contributed by atoms with Gasteiger partial charge in [-0.2, -0.15) is 0 Å². The van der Waals surface area contributed by atoms with Gasteiger partial charge in [-0.05, 0) is 31.9 Å². The summed E-state index contributed by atoms with van der Waals surface area (Å²) in [5, 5.41) is 3.00. The van der Waals surface area contributed by atoms with E-state index in [0.717, 1.165) is 25.0 Å². The molecule has 2 amide bonds. The Kier molecular flexibility index (Phi) is 4.82. The molecule has 5 nitrogen and oxygen atoms in total. The summed E-state index contributed by atoms with van der Waals surface area (Å²) in [4.78, 5) is 25.4. The van der Waals surface area contributed by atoms with Gasteiger partial charge in [0, 0.05) is 38.4 Å². The van der Waals surface area contributed by atoms with Crippen molar-refractivity contribution in [2.75, 3.05) is 13.6 Å². The van der Waals surface area contributed by atoms with Crippen LogP contribution in [-0.4, -0.2) is 36.3 Å². The van der Waals surface area contributed by atoms with Crippen LogP contribution in [-0.2, 0) is 16.0 Å². The number of nitrogens with one attached hydrogen (secondary N) is 1. The molecule has 1 saturated heterocycles. The molecule has 1 fully saturated rings. The van der Waals surface area contributed by atoms with Gasteiger partial charge in [0.15, 0.2) is 0 Å². The fourth-order valence-electron chi connectivity index (χ4n) is 2.41. The zero-order valence-electron chi connectivity index (χ0n) is 12.1. The SMILES string of the molecule is C[C@H](CCc1ccco1)NC(=O)[C@@H]1CCN(C)C(=O)C1. The molecule has 0 aromatic carbocycles. The minimum atomic E-state index is -0.176. The summed E-state index contributed by atoms with van der Waals surface area (Å²) in [7, 11) is 1.78. The highest BCUT2D eigenvalue weighted by molar-refractivity contribution is 5.86. The fraction of sp³-hybridized carbons (Fsp3) is 0.600. The van der Waals surface area contributed by atoms with Crippen LogP contribution in [0.1, 0.15) is 31.9 Å². The molecule has 1 N–H and O–H groups in total. The quantitative estimate of drug-likeness (QED) is 0.889. The van der Waals surface area contributed by atoms with Crippen LogP contribution in [0.15, 0.2) is 22.8 Å². The highest BCUT2D eigenvalue weighted by atomic mass is 16.3. The van der Waals surface area contributed by atoms with Crippen LogP contribution >= 0.6 is 0 Å². The van der Waals surface area contributed by atoms with Crippen LogP contribution in [0.3, 0.4) is 0 Å². The van der Waals surface area contributed by atoms with Gasteiger partial charge < -0.3 is 14.6 Å². The number of likely N-dealkylation sites (tertiary alicyclic amines) is 1. The summed E-state index contributed by atoms with van der Waals surface area (Å²) in [6, 6.07) is 3.88. The fourth-order valence-corrected chi connectivity index (χ4v) is 2.41. The van der Waals surface area contributed by atoms with Gasteiger partial charge >= 0.3 is 0 Å². The molecular weight excluding hydrogens is 256 g/mol. The lowest BCUT2D eigenvalue weighted by Gasteiger charge is -2.28. The molecule has 0 aliphatic carbocycles. The van der Waals surface area contributed by atoms with Gasteiger partial charge in [0.05, 0.1) is 6.26 Å². The number of amides is 2. The Morgan fingerprint density at radius 3 is 3.05 bits per heavy atom. The van der Waals surface area contributed by atoms with Crippen LogP contribution in [0.2, 0.25) is 0 Å². The summed E-state index contributed by atoms with van der Waals surface area (Å²) in [6.07, 6.45) is 4.37. The van der Waals surface area contributed by atoms with Crippen molar-refractivity contribution in [1.82, 2.24) is 10.2 Å². The second-order valence-electron chi connectivity index (χ2n) is 5.53. The van der Waals surface area contributed by atoms with E-state index in [1.54, 1.807) is 18.2 Å². The predicted octanol–water partition coefficient (Wildman–Crippen LogP) is 1.59. The van der Waals surface area contributed by atoms with E-state index in [9.17, 15) is 9.59 Å². The molecular formula is C15H22N2O3. The Bertz CT molecular complexity index is 456. The number of furan rings is 1. The normalized spacial score (nSPS) is 20.8. The highest BCUT2D eigenvalue weighted by Crippen LogP contribution is 2.17. The predicted molar refractivity (Wildman–Crippen MR) is 75.0 cm³/mol. The minimum Gasteiger partial charge on any atom is -0.469 e. The number of hydrogen-bond donors (Lipinski definition) is 1. The van der Waals surface area contributed by atoms with Gasteiger partial charge in [0.2, 0.25) is 11.8 Å². The van der Waals surface area contributed by atoms with Gasteiger partial charge in [0.25, 0.3) is 0 Å². The summed E-state index contributed by atoms with van der Waals surface area (Å²) in [5.41, 5.74) is 0. The number of aryl methyl sites for hydroxylation is 1. The largest absolute Gasteiger partial charge is 0.469 e. The van der Waals surface area contributed by atoms with Gasteiger partial charge in [-0.1, -0.05) is 0 Å². The lowest BCUT2D eigenvalue weighted by atomic mass is 9.95. The first-order chi connectivity index (χ1) is 9.56. The standard InChI is InChI=1S/C15H22N2O3/c1-11(5-6-13-4-3-9-20-13)16-15(19)12-7-8-17(2)14(18)10-12/h3-4,9,11-12H,5-8,10H2,1-2H3,(H,16,19)/t11-,12-/m1/s1. The van der Waals surface area contributed by atoms with Crippen LogP contribution in [0.4, 0.5) is 0 Å². The van der Waals surface area contributed by atoms with Crippen molar-refractivity contribution in [3.05, 3.63) is 24.2 Å². The first-order valence-corrected chi connectivity index (χ1v) is 7.13. The third-order valence-corrected chi connectivity index (χ3v) is 3.82. The number of carbonyl (C=O) groups is 2. The Hall–Kier alpha value is -1.78. The second kappa shape index (κ2) is 6.59. The van der Waals surface area contributed by atoms with Crippen molar-refractivity contribution in [3.8, 4) is 0 Å². The average Bonchev–Trinajstić information content (AvgIpc) is 2.92. The van der Waals surface area contributed by atoms with E-state index in [-0.39, 0.29) is 23.8 Å². The monoisotopic (exact) mass is 278 g/mol. The maximum atomic E-state index is 12.1. The van der Waals surface area contributed by atoms with Crippen LogP contribution in [0.5, 0.6) is 0 Å². The van der Waals surface area contributed by atoms with Crippen molar-refractivity contribution in [3.63, 3.8) is 0 Å². The Labute approximate surface area is 119 Å². The van der Waals surface area contributed by atoms with Gasteiger partial charge in [0.1, 0.15) is 5.76 Å². The summed E-state index contributed by atoms with van der Waals surface area (Å²) in [5.74, 6) is 0.809. The van der Waals surface area contributed by atoms with Gasteiger partial charge in [-0.3, -0.25) is 9.59 Å². The molecule has 2 atom stereocenters. The molecule has 20 heavy (non-hydrogen) atoms. The van der Waals surface area contributed by atoms with Crippen molar-refractivity contribution >= 4 is 11.8 Å². The maximum Gasteiger partial charge on any atom is 0.223 e. The van der Waals surface area contributed by atoms with Crippen molar-refractivity contribution < 1.29 is 14.0 Å². The van der Waals surface area contributed by atoms with E-state index in [1.165, 1.54) is 0 Å². The van der Waals surface area contributed by atoms with Crippen LogP contribution in [0, 0.1) is 5.92 Å². The Morgan fingerprint density at radius 2 is 2.40 bits per heavy atom. The molecule has 0 unspecified atom stereocenters. The topological polar surface area (TPSA) is 62.6 Å². The van der Waals surface area contributed by atoms with Crippen LogP contribution in [0.25, 0.3) is 0 Å². The Morgan fingerprint density at radius 1 is 1.60 bits per heavy atom. The molecule has 110 valence electrons. The molecule has 2 rings (SSSR count). The third kappa shape index (κ3) is 3.85. The lowest BCUT2D eigenvalue weighted by Crippen LogP contribution is -2.44. The summed E-state index contributed by atoms with van der Waals surface area (Å²) in [6.45, 7) is 2.65. The molecule has 1 aliphatic rings. The molecule has 0 spiro atoms. The van der Waals surface area contributed by atoms with E-state index >= 15 is 0 Å². The first kappa shape index (κ1) is 14.6. The van der Waals surface area contributed by atoms with E-state index in [2.05, 4.69) is 5.32 Å². The van der Waals surface area contributed by atoms with E-state index in [1.807, 2.05) is 19.1 Å². The third-order valence-electron chi connectivity index (χ3n) is 3.82. The van der Waals surface area contributed by atoms with E-state index in [0.29, 0.717) is 13.0 Å². The van der Waals surface area contributed by atoms with Crippen molar-refractivity contribution in [2.24, 2.45) is 5.92 Å². The average molecular weight is 278 g/mol. The molecule has 1 aliphatic heterocycles. The summed E-state index contributed by atoms with van der Waals surface area (Å²) < 4.78 is 5.27. The number of piperidine rings is 1.